The van der Waals surface area contributed by atoms with Crippen molar-refractivity contribution in [1.82, 2.24) is 9.47 Å². The number of hydrogen-bond acceptors (Lipinski definition) is 2. The van der Waals surface area contributed by atoms with Crippen LogP contribution in [0.25, 0.3) is 10.9 Å². The van der Waals surface area contributed by atoms with Gasteiger partial charge in [0.2, 0.25) is 0 Å². The molecule has 5 nitrogen and oxygen atoms in total. The maximum atomic E-state index is 13.2. The summed E-state index contributed by atoms with van der Waals surface area (Å²) in [6.45, 7) is 1.35. The Hall–Kier alpha value is -3.08. The molecule has 138 valence electrons. The molecule has 4 rings (SSSR count). The zero-order valence-electron chi connectivity index (χ0n) is 15.3. The number of fused-ring (bicyclic) bond motifs is 1. The number of nitrogens with zero attached hydrogens (tertiary/aromatic N) is 2. The monoisotopic (exact) mass is 362 g/mol. The number of piperidine rings is 1. The van der Waals surface area contributed by atoms with Crippen LogP contribution >= 0.6 is 0 Å². The maximum absolute atomic E-state index is 13.2. The van der Waals surface area contributed by atoms with E-state index in [-0.39, 0.29) is 11.8 Å². The van der Waals surface area contributed by atoms with Crippen LogP contribution in [-0.4, -0.2) is 39.5 Å². The van der Waals surface area contributed by atoms with Crippen molar-refractivity contribution >= 4 is 22.8 Å². The first kappa shape index (κ1) is 17.3. The first-order chi connectivity index (χ1) is 13.0. The molecule has 0 spiro atoms. The Balaban J connectivity index is 1.59. The number of amides is 1. The molecule has 1 atom stereocenters. The van der Waals surface area contributed by atoms with Gasteiger partial charge in [-0.05, 0) is 42.7 Å². The summed E-state index contributed by atoms with van der Waals surface area (Å²) in [5, 5.41) is 10.3. The Morgan fingerprint density at radius 2 is 1.89 bits per heavy atom. The van der Waals surface area contributed by atoms with Crippen molar-refractivity contribution in [3.8, 4) is 0 Å². The van der Waals surface area contributed by atoms with E-state index >= 15 is 0 Å². The van der Waals surface area contributed by atoms with Gasteiger partial charge in [-0.3, -0.25) is 4.79 Å². The molecule has 0 unspecified atom stereocenters. The van der Waals surface area contributed by atoms with Gasteiger partial charge in [-0.25, -0.2) is 4.79 Å². The van der Waals surface area contributed by atoms with Crippen molar-refractivity contribution in [3.05, 3.63) is 71.4 Å². The van der Waals surface area contributed by atoms with E-state index in [4.69, 9.17) is 0 Å². The third-order valence-electron chi connectivity index (χ3n) is 5.48. The minimum atomic E-state index is -0.920. The second-order valence-corrected chi connectivity index (χ2v) is 7.17. The highest BCUT2D eigenvalue weighted by atomic mass is 16.4. The van der Waals surface area contributed by atoms with Gasteiger partial charge in [0.15, 0.2) is 0 Å². The average molecular weight is 362 g/mol. The summed E-state index contributed by atoms with van der Waals surface area (Å²) in [4.78, 5) is 26.3. The molecule has 0 radical (unpaired) electrons. The summed E-state index contributed by atoms with van der Waals surface area (Å²) in [5.41, 5.74) is 3.02. The first-order valence-corrected chi connectivity index (χ1v) is 9.21. The highest BCUT2D eigenvalue weighted by Gasteiger charge is 2.27. The van der Waals surface area contributed by atoms with Crippen LogP contribution in [0.3, 0.4) is 0 Å². The first-order valence-electron chi connectivity index (χ1n) is 9.21. The van der Waals surface area contributed by atoms with Gasteiger partial charge in [0.25, 0.3) is 5.91 Å². The van der Waals surface area contributed by atoms with Crippen LogP contribution in [0.15, 0.2) is 54.6 Å². The molecular formula is C22H22N2O3. The molecule has 2 heterocycles. The molecule has 1 aliphatic rings. The number of aryl methyl sites for hydroxylation is 1. The SMILES string of the molecule is Cn1c(C(=O)N2CCC[C@H](c3cccc(C(=O)O)c3)C2)cc2ccccc21. The van der Waals surface area contributed by atoms with Gasteiger partial charge < -0.3 is 14.6 Å². The quantitative estimate of drug-likeness (QED) is 0.769. The summed E-state index contributed by atoms with van der Waals surface area (Å²) >= 11 is 0. The summed E-state index contributed by atoms with van der Waals surface area (Å²) in [5.74, 6) is -0.722. The fraction of sp³-hybridized carbons (Fsp3) is 0.273. The molecule has 1 fully saturated rings. The number of hydrogen-bond donors (Lipinski definition) is 1. The molecule has 1 saturated heterocycles. The highest BCUT2D eigenvalue weighted by Crippen LogP contribution is 2.29. The lowest BCUT2D eigenvalue weighted by molar-refractivity contribution is 0.0684. The Bertz CT molecular complexity index is 1020. The maximum Gasteiger partial charge on any atom is 0.335 e. The number of carboxylic acids is 1. The van der Waals surface area contributed by atoms with Crippen LogP contribution in [0, 0.1) is 0 Å². The Morgan fingerprint density at radius 3 is 2.67 bits per heavy atom. The third kappa shape index (κ3) is 3.21. The van der Waals surface area contributed by atoms with Crippen molar-refractivity contribution in [3.63, 3.8) is 0 Å². The number of rotatable bonds is 3. The van der Waals surface area contributed by atoms with E-state index in [0.717, 1.165) is 35.9 Å². The van der Waals surface area contributed by atoms with Gasteiger partial charge in [-0.1, -0.05) is 30.3 Å². The second kappa shape index (κ2) is 6.91. The Labute approximate surface area is 157 Å². The number of benzene rings is 2. The van der Waals surface area contributed by atoms with E-state index in [1.165, 1.54) is 0 Å². The number of aromatic carboxylic acids is 1. The van der Waals surface area contributed by atoms with Crippen LogP contribution in [-0.2, 0) is 7.05 Å². The number of carbonyl (C=O) groups is 2. The molecule has 0 saturated carbocycles. The second-order valence-electron chi connectivity index (χ2n) is 7.17. The van der Waals surface area contributed by atoms with Gasteiger partial charge in [0, 0.05) is 37.0 Å². The van der Waals surface area contributed by atoms with Gasteiger partial charge >= 0.3 is 5.97 Å². The van der Waals surface area contributed by atoms with E-state index in [0.29, 0.717) is 17.8 Å². The third-order valence-corrected chi connectivity index (χ3v) is 5.48. The van der Waals surface area contributed by atoms with Crippen LogP contribution in [0.1, 0.15) is 45.2 Å². The van der Waals surface area contributed by atoms with E-state index in [1.807, 2.05) is 52.9 Å². The molecule has 0 bridgehead atoms. The minimum absolute atomic E-state index is 0.0350. The van der Waals surface area contributed by atoms with Crippen LogP contribution in [0.5, 0.6) is 0 Å². The minimum Gasteiger partial charge on any atom is -0.478 e. The van der Waals surface area contributed by atoms with Crippen molar-refractivity contribution < 1.29 is 14.7 Å². The molecular weight excluding hydrogens is 340 g/mol. The molecule has 1 aliphatic heterocycles. The lowest BCUT2D eigenvalue weighted by atomic mass is 9.89. The largest absolute Gasteiger partial charge is 0.478 e. The van der Waals surface area contributed by atoms with Crippen molar-refractivity contribution in [2.45, 2.75) is 18.8 Å². The molecule has 3 aromatic rings. The van der Waals surface area contributed by atoms with Gasteiger partial charge in [-0.2, -0.15) is 0 Å². The molecule has 27 heavy (non-hydrogen) atoms. The highest BCUT2D eigenvalue weighted by molar-refractivity contribution is 5.98. The number of likely N-dealkylation sites (tertiary alicyclic amines) is 1. The van der Waals surface area contributed by atoms with E-state index in [2.05, 4.69) is 0 Å². The predicted molar refractivity (Wildman–Crippen MR) is 104 cm³/mol. The molecule has 5 heteroatoms. The average Bonchev–Trinajstić information content (AvgIpc) is 3.04. The van der Waals surface area contributed by atoms with Gasteiger partial charge in [-0.15, -0.1) is 0 Å². The van der Waals surface area contributed by atoms with Crippen molar-refractivity contribution in [1.29, 1.82) is 0 Å². The zero-order valence-corrected chi connectivity index (χ0v) is 15.3. The lowest BCUT2D eigenvalue weighted by Gasteiger charge is -2.33. The van der Waals surface area contributed by atoms with Crippen LogP contribution in [0.4, 0.5) is 0 Å². The smallest absolute Gasteiger partial charge is 0.335 e. The van der Waals surface area contributed by atoms with Crippen LogP contribution in [0.2, 0.25) is 0 Å². The fourth-order valence-corrected chi connectivity index (χ4v) is 4.02. The number of carbonyl (C=O) groups excluding carboxylic acids is 1. The zero-order chi connectivity index (χ0) is 19.0. The van der Waals surface area contributed by atoms with E-state index in [9.17, 15) is 14.7 Å². The predicted octanol–water partition coefficient (Wildman–Crippen LogP) is 3.90. The summed E-state index contributed by atoms with van der Waals surface area (Å²) in [6, 6.07) is 17.0. The topological polar surface area (TPSA) is 62.5 Å². The molecule has 2 aromatic carbocycles. The molecule has 1 aromatic heterocycles. The fourth-order valence-electron chi connectivity index (χ4n) is 4.02. The molecule has 1 amide bonds. The standard InChI is InChI=1S/C22H22N2O3/c1-23-19-10-3-2-6-16(19)13-20(23)21(25)24-11-5-9-18(14-24)15-7-4-8-17(12-15)22(26)27/h2-4,6-8,10,12-13,18H,5,9,11,14H2,1H3,(H,26,27)/t18-/m0/s1. The number of aromatic nitrogens is 1. The summed E-state index contributed by atoms with van der Waals surface area (Å²) in [7, 11) is 1.92. The normalized spacial score (nSPS) is 17.2. The van der Waals surface area contributed by atoms with Crippen molar-refractivity contribution in [2.24, 2.45) is 7.05 Å². The van der Waals surface area contributed by atoms with E-state index < -0.39 is 5.97 Å². The van der Waals surface area contributed by atoms with Crippen LogP contribution < -0.4 is 0 Å². The van der Waals surface area contributed by atoms with Gasteiger partial charge in [0.1, 0.15) is 5.69 Å². The van der Waals surface area contributed by atoms with Gasteiger partial charge in [0.05, 0.1) is 5.56 Å². The summed E-state index contributed by atoms with van der Waals surface area (Å²) < 4.78 is 1.95. The molecule has 1 N–H and O–H groups in total. The Kier molecular flexibility index (Phi) is 4.44. The lowest BCUT2D eigenvalue weighted by Crippen LogP contribution is -2.39. The summed E-state index contributed by atoms with van der Waals surface area (Å²) in [6.07, 6.45) is 1.87. The number of carboxylic acid groups (broad SMARTS) is 1. The number of para-hydroxylation sites is 1. The van der Waals surface area contributed by atoms with E-state index in [1.54, 1.807) is 18.2 Å². The van der Waals surface area contributed by atoms with Crippen molar-refractivity contribution in [2.75, 3.05) is 13.1 Å². The Morgan fingerprint density at radius 1 is 1.07 bits per heavy atom. The molecule has 0 aliphatic carbocycles.